The lowest BCUT2D eigenvalue weighted by atomic mass is 9.87. The average molecular weight is 784 g/mol. The average Bonchev–Trinajstić information content (AvgIpc) is 3.47. The first-order valence-electron chi connectivity index (χ1n) is 21.1. The zero-order valence-electron chi connectivity index (χ0n) is 36.0. The number of carbonyl (C=O) groups excluding carboxylic acids is 4. The predicted octanol–water partition coefficient (Wildman–Crippen LogP) is 7.60. The van der Waals surface area contributed by atoms with Gasteiger partial charge in [-0.1, -0.05) is 82.3 Å². The summed E-state index contributed by atoms with van der Waals surface area (Å²) >= 11 is 0. The van der Waals surface area contributed by atoms with E-state index >= 15 is 0 Å². The molecule has 10 heteroatoms. The maximum absolute atomic E-state index is 14.1. The second-order valence-electron chi connectivity index (χ2n) is 15.9. The van der Waals surface area contributed by atoms with E-state index in [4.69, 9.17) is 14.2 Å². The highest BCUT2D eigenvalue weighted by molar-refractivity contribution is 5.92. The van der Waals surface area contributed by atoms with Crippen LogP contribution in [0.3, 0.4) is 0 Å². The van der Waals surface area contributed by atoms with Crippen LogP contribution in [0.5, 0.6) is 0 Å². The van der Waals surface area contributed by atoms with Crippen molar-refractivity contribution < 1.29 is 43.6 Å². The number of aliphatic hydroxyl groups excluding tert-OH is 2. The van der Waals surface area contributed by atoms with Gasteiger partial charge in [0.15, 0.2) is 17.3 Å². The Kier molecular flexibility index (Phi) is 20.5. The summed E-state index contributed by atoms with van der Waals surface area (Å²) in [4.78, 5) is 51.9. The molecule has 1 aromatic rings. The molecule has 0 aliphatic heterocycles. The molecule has 1 aliphatic rings. The molecule has 3 N–H and O–H groups in total. The molecule has 2 unspecified atom stereocenters. The zero-order chi connectivity index (χ0) is 42.1. The minimum absolute atomic E-state index is 0.0250. The molecular formula is C46H73NO9. The van der Waals surface area contributed by atoms with E-state index in [2.05, 4.69) is 17.5 Å². The number of benzene rings is 1. The van der Waals surface area contributed by atoms with Crippen molar-refractivity contribution in [1.29, 1.82) is 0 Å². The van der Waals surface area contributed by atoms with Gasteiger partial charge in [-0.05, 0) is 111 Å². The van der Waals surface area contributed by atoms with Crippen molar-refractivity contribution in [2.75, 3.05) is 6.54 Å². The Morgan fingerprint density at radius 1 is 0.911 bits per heavy atom. The molecule has 1 saturated carbocycles. The first-order valence-corrected chi connectivity index (χ1v) is 21.1. The van der Waals surface area contributed by atoms with Gasteiger partial charge in [-0.3, -0.25) is 19.2 Å². The fraction of sp³-hybridized carbons (Fsp3) is 0.696. The summed E-state index contributed by atoms with van der Waals surface area (Å²) in [6, 6.07) is 10.0. The van der Waals surface area contributed by atoms with Gasteiger partial charge in [0, 0.05) is 25.3 Å². The molecule has 56 heavy (non-hydrogen) atoms. The van der Waals surface area contributed by atoms with E-state index in [9.17, 15) is 29.4 Å². The van der Waals surface area contributed by atoms with E-state index in [1.807, 2.05) is 77.1 Å². The van der Waals surface area contributed by atoms with Gasteiger partial charge >= 0.3 is 0 Å². The van der Waals surface area contributed by atoms with Crippen molar-refractivity contribution in [3.63, 3.8) is 0 Å². The van der Waals surface area contributed by atoms with Crippen molar-refractivity contribution in [3.05, 3.63) is 60.2 Å². The molecule has 316 valence electrons. The molecule has 0 bridgehead atoms. The fourth-order valence-corrected chi connectivity index (χ4v) is 7.82. The van der Waals surface area contributed by atoms with Crippen LogP contribution in [0.1, 0.15) is 139 Å². The van der Waals surface area contributed by atoms with E-state index in [0.717, 1.165) is 5.56 Å². The molecule has 1 amide bonds. The number of hydrogen-bond acceptors (Lipinski definition) is 9. The summed E-state index contributed by atoms with van der Waals surface area (Å²) < 4.78 is 19.6. The van der Waals surface area contributed by atoms with Crippen LogP contribution in [0.15, 0.2) is 54.6 Å². The van der Waals surface area contributed by atoms with Gasteiger partial charge in [-0.25, -0.2) is 0 Å². The van der Waals surface area contributed by atoms with Gasteiger partial charge in [0.05, 0.1) is 18.3 Å². The Hall–Kier alpha value is -3.02. The Bertz CT molecular complexity index is 1440. The van der Waals surface area contributed by atoms with Crippen LogP contribution in [-0.2, 0) is 39.8 Å². The minimum Gasteiger partial charge on any atom is -0.392 e. The Labute approximate surface area is 337 Å². The van der Waals surface area contributed by atoms with Crippen molar-refractivity contribution in [2.45, 2.75) is 187 Å². The molecule has 0 heterocycles. The largest absolute Gasteiger partial charge is 0.392 e. The van der Waals surface area contributed by atoms with E-state index in [0.29, 0.717) is 77.2 Å². The lowest BCUT2D eigenvalue weighted by molar-refractivity contribution is -0.178. The molecule has 2 rings (SSSR count). The topological polar surface area (TPSA) is 148 Å². The van der Waals surface area contributed by atoms with Gasteiger partial charge in [-0.15, -0.1) is 0 Å². The number of hydrogen-bond donors (Lipinski definition) is 3. The maximum atomic E-state index is 14.1. The number of nitrogens with one attached hydrogen (secondary N) is 1. The molecule has 0 spiro atoms. The molecule has 0 radical (unpaired) electrons. The molecule has 1 fully saturated rings. The summed E-state index contributed by atoms with van der Waals surface area (Å²) in [7, 11) is 0. The number of Topliss-reactive ketones (excluding diaryl/α,β-unsaturated/α-hetero) is 3. The van der Waals surface area contributed by atoms with E-state index in [1.54, 1.807) is 20.8 Å². The molecule has 0 aromatic heterocycles. The Balaban J connectivity index is 2.47. The molecule has 0 saturated heterocycles. The normalized spacial score (nSPS) is 22.7. The Morgan fingerprint density at radius 3 is 2.11 bits per heavy atom. The van der Waals surface area contributed by atoms with Crippen LogP contribution in [0, 0.1) is 11.8 Å². The summed E-state index contributed by atoms with van der Waals surface area (Å²) in [5.41, 5.74) is -2.39. The number of aryl methyl sites for hydroxylation is 1. The van der Waals surface area contributed by atoms with Crippen LogP contribution in [0.4, 0.5) is 0 Å². The lowest BCUT2D eigenvalue weighted by Gasteiger charge is -2.38. The van der Waals surface area contributed by atoms with Crippen LogP contribution >= 0.6 is 0 Å². The van der Waals surface area contributed by atoms with Crippen molar-refractivity contribution in [2.24, 2.45) is 11.8 Å². The molecule has 1 aromatic carbocycles. The third-order valence-corrected chi connectivity index (χ3v) is 11.9. The summed E-state index contributed by atoms with van der Waals surface area (Å²) in [6.07, 6.45) is 9.78. The number of ketones is 3. The maximum Gasteiger partial charge on any atom is 0.219 e. The van der Waals surface area contributed by atoms with Gasteiger partial charge in [-0.2, -0.15) is 0 Å². The number of aliphatic hydroxyl groups is 2. The van der Waals surface area contributed by atoms with Crippen molar-refractivity contribution in [3.8, 4) is 0 Å². The number of carbonyl (C=O) groups is 4. The minimum atomic E-state index is -1.24. The standard InChI is InChI=1S/C46H73NO9/c1-11-44(9,42(52)32(6)48)55-36(28-27-35-23-19-18-20-24-35)29-30-37-38(25-21-16-17-22-26-41(51)47-15-5)40(31-39(37)50)56-45(10,12-2)43(53)33(7)54-46(13-3,14-4)34(8)49/h16,18-21,23-24,29-30,32-33,36-40,48,50H,11-15,17,22,25-28,31H2,1-10H3,(H,47,51)/b21-16-,30-29+/t32-,33-,36-,37+,38+,39+,40-,44?,45?/m0/s1. The van der Waals surface area contributed by atoms with E-state index in [1.165, 1.54) is 13.8 Å². The van der Waals surface area contributed by atoms with Crippen molar-refractivity contribution in [1.82, 2.24) is 5.32 Å². The summed E-state index contributed by atoms with van der Waals surface area (Å²) in [5.74, 6) is -1.31. The molecule has 10 nitrogen and oxygen atoms in total. The van der Waals surface area contributed by atoms with E-state index < -0.39 is 47.3 Å². The number of allylic oxidation sites excluding steroid dienone is 2. The van der Waals surface area contributed by atoms with Gasteiger partial charge in [0.1, 0.15) is 29.0 Å². The number of rotatable bonds is 27. The molecule has 9 atom stereocenters. The van der Waals surface area contributed by atoms with Crippen LogP contribution in [0.25, 0.3) is 0 Å². The summed E-state index contributed by atoms with van der Waals surface area (Å²) in [5, 5.41) is 24.7. The fourth-order valence-electron chi connectivity index (χ4n) is 7.82. The van der Waals surface area contributed by atoms with Crippen LogP contribution in [-0.4, -0.2) is 87.3 Å². The Morgan fingerprint density at radius 2 is 1.55 bits per heavy atom. The second kappa shape index (κ2) is 23.4. The third-order valence-electron chi connectivity index (χ3n) is 11.9. The number of ether oxygens (including phenoxy) is 3. The lowest BCUT2D eigenvalue weighted by Crippen LogP contribution is -2.51. The second-order valence-corrected chi connectivity index (χ2v) is 15.9. The third kappa shape index (κ3) is 13.8. The highest BCUT2D eigenvalue weighted by Gasteiger charge is 2.48. The molecule has 1 aliphatic carbocycles. The highest BCUT2D eigenvalue weighted by atomic mass is 16.5. The number of amides is 1. The number of unbranched alkanes of at least 4 members (excludes halogenated alkanes) is 1. The van der Waals surface area contributed by atoms with Gasteiger partial charge < -0.3 is 29.7 Å². The summed E-state index contributed by atoms with van der Waals surface area (Å²) in [6.45, 7) is 18.1. The quantitative estimate of drug-likeness (QED) is 0.0606. The SMILES string of the molecule is CCNC(=O)CCC/C=C\C[C@@H]1[C@@H](/C=C/[C@H](CCc2ccccc2)OC(C)(CC)C(=O)[C@H](C)O)[C@H](O)C[C@@H]1OC(C)(CC)C(=O)[C@H](C)OC(CC)(CC)C(C)=O. The highest BCUT2D eigenvalue weighted by Crippen LogP contribution is 2.41. The molecular weight excluding hydrogens is 711 g/mol. The first kappa shape index (κ1) is 49.1. The van der Waals surface area contributed by atoms with Gasteiger partial charge in [0.2, 0.25) is 5.91 Å². The smallest absolute Gasteiger partial charge is 0.219 e. The van der Waals surface area contributed by atoms with Crippen LogP contribution in [0.2, 0.25) is 0 Å². The predicted molar refractivity (Wildman–Crippen MR) is 221 cm³/mol. The van der Waals surface area contributed by atoms with Gasteiger partial charge in [0.25, 0.3) is 0 Å². The van der Waals surface area contributed by atoms with E-state index in [-0.39, 0.29) is 35.1 Å². The van der Waals surface area contributed by atoms with Crippen molar-refractivity contribution >= 4 is 23.3 Å². The van der Waals surface area contributed by atoms with Crippen LogP contribution < -0.4 is 5.32 Å². The zero-order valence-corrected chi connectivity index (χ0v) is 36.0. The first-order chi connectivity index (χ1) is 26.5. The monoisotopic (exact) mass is 784 g/mol.